The van der Waals surface area contributed by atoms with Crippen molar-refractivity contribution in [3.63, 3.8) is 0 Å². The molecule has 0 aliphatic carbocycles. The first kappa shape index (κ1) is 10.3. The third kappa shape index (κ3) is 3.21. The molecule has 1 aliphatic heterocycles. The van der Waals surface area contributed by atoms with Gasteiger partial charge in [-0.1, -0.05) is 26.0 Å². The van der Waals surface area contributed by atoms with Crippen molar-refractivity contribution in [1.29, 1.82) is 0 Å². The van der Waals surface area contributed by atoms with Gasteiger partial charge in [-0.15, -0.1) is 0 Å². The van der Waals surface area contributed by atoms with Crippen molar-refractivity contribution in [1.82, 2.24) is 4.90 Å². The van der Waals surface area contributed by atoms with Gasteiger partial charge in [0.25, 0.3) is 0 Å². The first-order valence-electron chi connectivity index (χ1n) is 5.15. The maximum absolute atomic E-state index is 11.7. The average Bonchev–Trinajstić information content (AvgIpc) is 2.02. The molecule has 74 valence electrons. The molecule has 1 heterocycles. The minimum atomic E-state index is 0.142. The largest absolute Gasteiger partial charge is 0.342 e. The summed E-state index contributed by atoms with van der Waals surface area (Å²) in [6, 6.07) is 0. The van der Waals surface area contributed by atoms with Crippen LogP contribution in [0.1, 0.15) is 33.1 Å². The Morgan fingerprint density at radius 2 is 1.92 bits per heavy atom. The van der Waals surface area contributed by atoms with E-state index in [0.717, 1.165) is 32.4 Å². The van der Waals surface area contributed by atoms with Gasteiger partial charge in [0.15, 0.2) is 0 Å². The molecule has 1 amide bonds. The summed E-state index contributed by atoms with van der Waals surface area (Å²) in [5.74, 6) is 0.443. The summed E-state index contributed by atoms with van der Waals surface area (Å²) in [4.78, 5) is 13.7. The molecule has 0 bridgehead atoms. The molecule has 0 saturated carbocycles. The molecule has 0 radical (unpaired) electrons. The van der Waals surface area contributed by atoms with Gasteiger partial charge in [0.2, 0.25) is 5.91 Å². The van der Waals surface area contributed by atoms with Crippen molar-refractivity contribution in [2.75, 3.05) is 13.1 Å². The summed E-state index contributed by atoms with van der Waals surface area (Å²) in [7, 11) is 0. The van der Waals surface area contributed by atoms with E-state index in [0.29, 0.717) is 5.91 Å². The number of amides is 1. The van der Waals surface area contributed by atoms with E-state index in [1.54, 1.807) is 0 Å². The van der Waals surface area contributed by atoms with E-state index >= 15 is 0 Å². The van der Waals surface area contributed by atoms with E-state index in [4.69, 9.17) is 0 Å². The van der Waals surface area contributed by atoms with Crippen LogP contribution in [-0.4, -0.2) is 23.9 Å². The van der Waals surface area contributed by atoms with E-state index in [-0.39, 0.29) is 5.92 Å². The van der Waals surface area contributed by atoms with Crippen LogP contribution in [0.5, 0.6) is 0 Å². The van der Waals surface area contributed by atoms with Gasteiger partial charge in [-0.3, -0.25) is 4.79 Å². The smallest absolute Gasteiger partial charge is 0.225 e. The number of carbonyl (C=O) groups excluding carboxylic acids is 1. The Labute approximate surface area is 80.6 Å². The van der Waals surface area contributed by atoms with Crippen molar-refractivity contribution in [2.24, 2.45) is 5.92 Å². The lowest BCUT2D eigenvalue weighted by Crippen LogP contribution is -2.36. The summed E-state index contributed by atoms with van der Waals surface area (Å²) in [6.07, 6.45) is 7.63. The van der Waals surface area contributed by atoms with Crippen molar-refractivity contribution >= 4 is 5.91 Å². The van der Waals surface area contributed by atoms with Crippen LogP contribution in [0, 0.1) is 5.92 Å². The summed E-state index contributed by atoms with van der Waals surface area (Å²) in [6.45, 7) is 5.77. The highest BCUT2D eigenvalue weighted by atomic mass is 16.2. The Hall–Kier alpha value is -0.790. The second-order valence-electron chi connectivity index (χ2n) is 3.88. The lowest BCUT2D eigenvalue weighted by molar-refractivity contribution is -0.134. The molecular weight excluding hydrogens is 162 g/mol. The van der Waals surface area contributed by atoms with Crippen molar-refractivity contribution in [3.8, 4) is 0 Å². The third-order valence-electron chi connectivity index (χ3n) is 2.34. The van der Waals surface area contributed by atoms with Gasteiger partial charge in [0, 0.05) is 19.0 Å². The van der Waals surface area contributed by atoms with Gasteiger partial charge >= 0.3 is 0 Å². The predicted molar refractivity (Wildman–Crippen MR) is 54.4 cm³/mol. The normalized spacial score (nSPS) is 18.5. The highest BCUT2D eigenvalue weighted by molar-refractivity contribution is 5.78. The second-order valence-corrected chi connectivity index (χ2v) is 3.88. The topological polar surface area (TPSA) is 20.3 Å². The van der Waals surface area contributed by atoms with Gasteiger partial charge in [0.1, 0.15) is 0 Å². The summed E-state index contributed by atoms with van der Waals surface area (Å²) < 4.78 is 0. The molecule has 0 saturated heterocycles. The molecule has 2 nitrogen and oxygen atoms in total. The highest BCUT2D eigenvalue weighted by Gasteiger charge is 2.15. The van der Waals surface area contributed by atoms with E-state index in [1.807, 2.05) is 18.7 Å². The predicted octanol–water partition coefficient (Wildman–Crippen LogP) is 2.21. The molecule has 0 aromatic carbocycles. The first-order chi connectivity index (χ1) is 6.22. The summed E-state index contributed by atoms with van der Waals surface area (Å²) >= 11 is 0. The summed E-state index contributed by atoms with van der Waals surface area (Å²) in [5.41, 5.74) is 0. The number of hydrogen-bond acceptors (Lipinski definition) is 1. The van der Waals surface area contributed by atoms with Crippen molar-refractivity contribution in [2.45, 2.75) is 33.1 Å². The van der Waals surface area contributed by atoms with E-state index in [2.05, 4.69) is 12.2 Å². The number of hydrogen-bond donors (Lipinski definition) is 0. The van der Waals surface area contributed by atoms with E-state index in [1.165, 1.54) is 0 Å². The highest BCUT2D eigenvalue weighted by Crippen LogP contribution is 2.08. The average molecular weight is 181 g/mol. The number of carbonyl (C=O) groups is 1. The molecule has 1 aliphatic rings. The fraction of sp³-hybridized carbons (Fsp3) is 0.727. The third-order valence-corrected chi connectivity index (χ3v) is 2.34. The number of nitrogens with zero attached hydrogens (tertiary/aromatic N) is 1. The fourth-order valence-corrected chi connectivity index (χ4v) is 1.56. The maximum atomic E-state index is 11.7. The van der Waals surface area contributed by atoms with Crippen LogP contribution in [0.2, 0.25) is 0 Å². The number of allylic oxidation sites excluding steroid dienone is 1. The minimum absolute atomic E-state index is 0.142. The molecule has 0 spiro atoms. The van der Waals surface area contributed by atoms with E-state index < -0.39 is 0 Å². The zero-order valence-electron chi connectivity index (χ0n) is 8.62. The molecule has 13 heavy (non-hydrogen) atoms. The molecule has 2 heteroatoms. The van der Waals surface area contributed by atoms with Crippen LogP contribution in [0.15, 0.2) is 12.2 Å². The Morgan fingerprint density at radius 3 is 2.62 bits per heavy atom. The Bertz CT molecular complexity index is 196. The molecule has 0 aromatic heterocycles. The van der Waals surface area contributed by atoms with Gasteiger partial charge in [0.05, 0.1) is 0 Å². The fourth-order valence-electron chi connectivity index (χ4n) is 1.56. The monoisotopic (exact) mass is 181 g/mol. The van der Waals surface area contributed by atoms with Gasteiger partial charge < -0.3 is 4.90 Å². The molecule has 1 rings (SSSR count). The van der Waals surface area contributed by atoms with Crippen LogP contribution < -0.4 is 0 Å². The van der Waals surface area contributed by atoms with Gasteiger partial charge in [-0.2, -0.15) is 0 Å². The standard InChI is InChI=1S/C11H19NO/c1-10(2)11(13)12-8-6-4-3-5-7-9-12/h3-4,10H,5-9H2,1-2H3. The number of rotatable bonds is 1. The lowest BCUT2D eigenvalue weighted by atomic mass is 10.1. The van der Waals surface area contributed by atoms with E-state index in [9.17, 15) is 4.79 Å². The zero-order valence-corrected chi connectivity index (χ0v) is 8.62. The molecule has 0 fully saturated rings. The summed E-state index contributed by atoms with van der Waals surface area (Å²) in [5, 5.41) is 0. The molecular formula is C11H19NO. The Kier molecular flexibility index (Phi) is 4.00. The quantitative estimate of drug-likeness (QED) is 0.568. The van der Waals surface area contributed by atoms with Gasteiger partial charge in [-0.25, -0.2) is 0 Å². The Balaban J connectivity index is 2.48. The maximum Gasteiger partial charge on any atom is 0.225 e. The van der Waals surface area contributed by atoms with Crippen LogP contribution in [0.25, 0.3) is 0 Å². The van der Waals surface area contributed by atoms with Crippen LogP contribution in [-0.2, 0) is 4.79 Å². The van der Waals surface area contributed by atoms with Crippen molar-refractivity contribution < 1.29 is 4.79 Å². The lowest BCUT2D eigenvalue weighted by Gasteiger charge is -2.24. The molecule has 0 aromatic rings. The van der Waals surface area contributed by atoms with Crippen molar-refractivity contribution in [3.05, 3.63) is 12.2 Å². The molecule has 0 unspecified atom stereocenters. The minimum Gasteiger partial charge on any atom is -0.342 e. The van der Waals surface area contributed by atoms with Crippen LogP contribution in [0.4, 0.5) is 0 Å². The molecule has 0 atom stereocenters. The molecule has 0 N–H and O–H groups in total. The van der Waals surface area contributed by atoms with Crippen LogP contribution >= 0.6 is 0 Å². The Morgan fingerprint density at radius 1 is 1.23 bits per heavy atom. The zero-order chi connectivity index (χ0) is 9.68. The first-order valence-corrected chi connectivity index (χ1v) is 5.15. The van der Waals surface area contributed by atoms with Crippen LogP contribution in [0.3, 0.4) is 0 Å². The SMILES string of the molecule is CC(C)C(=O)N1CCC=CCCC1. The van der Waals surface area contributed by atoms with Gasteiger partial charge in [-0.05, 0) is 19.3 Å². The second kappa shape index (κ2) is 5.05.